The molecular weight excluding hydrogens is 617 g/mol. The van der Waals surface area contributed by atoms with Crippen molar-refractivity contribution in [2.24, 2.45) is 0 Å². The number of nitrogens with one attached hydrogen (secondary N) is 2. The summed E-state index contributed by atoms with van der Waals surface area (Å²) in [5.74, 6) is 0.282. The van der Waals surface area contributed by atoms with E-state index in [1.165, 1.54) is 6.33 Å². The zero-order valence-corrected chi connectivity index (χ0v) is 28.6. The average molecular weight is 660 g/mol. The second-order valence-electron chi connectivity index (χ2n) is 13.8. The molecule has 5 rings (SSSR count). The Kier molecular flexibility index (Phi) is 9.64. The summed E-state index contributed by atoms with van der Waals surface area (Å²) in [4.78, 5) is 46.3. The zero-order chi connectivity index (χ0) is 34.8. The van der Waals surface area contributed by atoms with Gasteiger partial charge in [-0.15, -0.1) is 0 Å². The minimum atomic E-state index is -0.539. The predicted octanol–water partition coefficient (Wildman–Crippen LogP) is 5.96. The maximum Gasteiger partial charge on any atom is 0.410 e. The van der Waals surface area contributed by atoms with Gasteiger partial charge in [0.15, 0.2) is 5.82 Å². The standard InChI is InChI=1S/C34H42FN9O4/c1-20-23(21(2)39-29(45)30-41-31(42-48-30)33(3,4)5)10-11-24(28(20)35)25-17-27(38-19-37-25)40-26-12-9-22(18-36-26)43-13-15-44(16-14-43)32(46)47-34(6,7)8/h9-12,17-19,21H,13-16H2,1-8H3,(H,39,45)(H,36,37,38,40)/t21-/m1/s1. The largest absolute Gasteiger partial charge is 0.444 e. The lowest BCUT2D eigenvalue weighted by Gasteiger charge is -2.36. The van der Waals surface area contributed by atoms with Crippen LogP contribution in [0.5, 0.6) is 0 Å². The summed E-state index contributed by atoms with van der Waals surface area (Å²) in [7, 11) is 0. The van der Waals surface area contributed by atoms with Crippen molar-refractivity contribution in [3.63, 3.8) is 0 Å². The first-order valence-corrected chi connectivity index (χ1v) is 15.8. The Bertz CT molecular complexity index is 1770. The van der Waals surface area contributed by atoms with Crippen LogP contribution in [-0.4, -0.2) is 73.8 Å². The smallest absolute Gasteiger partial charge is 0.410 e. The first-order chi connectivity index (χ1) is 22.6. The number of ether oxygens (including phenoxy) is 1. The van der Waals surface area contributed by atoms with Gasteiger partial charge in [0.2, 0.25) is 0 Å². The minimum Gasteiger partial charge on any atom is -0.444 e. The van der Waals surface area contributed by atoms with E-state index in [4.69, 9.17) is 9.26 Å². The van der Waals surface area contributed by atoms with Gasteiger partial charge in [0.1, 0.15) is 29.4 Å². The summed E-state index contributed by atoms with van der Waals surface area (Å²) < 4.78 is 26.4. The average Bonchev–Trinajstić information content (AvgIpc) is 3.54. The van der Waals surface area contributed by atoms with Gasteiger partial charge in [-0.25, -0.2) is 24.1 Å². The van der Waals surface area contributed by atoms with Gasteiger partial charge < -0.3 is 29.7 Å². The molecular formula is C34H42FN9O4. The van der Waals surface area contributed by atoms with E-state index in [1.807, 2.05) is 53.7 Å². The quantitative estimate of drug-likeness (QED) is 0.242. The molecule has 13 nitrogen and oxygen atoms in total. The van der Waals surface area contributed by atoms with E-state index in [9.17, 15) is 9.59 Å². The Morgan fingerprint density at radius 1 is 0.979 bits per heavy atom. The second kappa shape index (κ2) is 13.5. The zero-order valence-electron chi connectivity index (χ0n) is 28.6. The molecule has 0 aliphatic carbocycles. The van der Waals surface area contributed by atoms with Gasteiger partial charge in [-0.3, -0.25) is 4.79 Å². The highest BCUT2D eigenvalue weighted by molar-refractivity contribution is 5.89. The van der Waals surface area contributed by atoms with Gasteiger partial charge in [0.05, 0.1) is 23.6 Å². The molecule has 254 valence electrons. The van der Waals surface area contributed by atoms with Crippen molar-refractivity contribution in [1.29, 1.82) is 0 Å². The van der Waals surface area contributed by atoms with Crippen molar-refractivity contribution in [2.75, 3.05) is 36.4 Å². The molecule has 0 spiro atoms. The molecule has 1 fully saturated rings. The topological polar surface area (TPSA) is 152 Å². The van der Waals surface area contributed by atoms with Crippen LogP contribution in [-0.2, 0) is 10.2 Å². The van der Waals surface area contributed by atoms with Crippen molar-refractivity contribution in [3.05, 3.63) is 71.5 Å². The van der Waals surface area contributed by atoms with Gasteiger partial charge in [0.25, 0.3) is 0 Å². The number of rotatable bonds is 7. The maximum atomic E-state index is 15.7. The molecule has 48 heavy (non-hydrogen) atoms. The molecule has 4 heterocycles. The molecule has 2 amide bonds. The molecule has 0 saturated carbocycles. The molecule has 3 aromatic heterocycles. The number of carbonyl (C=O) groups excluding carboxylic acids is 2. The van der Waals surface area contributed by atoms with Crippen LogP contribution in [0, 0.1) is 12.7 Å². The molecule has 0 bridgehead atoms. The number of piperazine rings is 1. The molecule has 2 N–H and O–H groups in total. The number of pyridine rings is 1. The Labute approximate surface area is 279 Å². The van der Waals surface area contributed by atoms with Gasteiger partial charge in [-0.1, -0.05) is 32.0 Å². The Morgan fingerprint density at radius 3 is 2.33 bits per heavy atom. The first kappa shape index (κ1) is 34.2. The molecule has 14 heteroatoms. The summed E-state index contributed by atoms with van der Waals surface area (Å²) in [5.41, 5.74) is 1.68. The molecule has 1 aliphatic rings. The van der Waals surface area contributed by atoms with E-state index < -0.39 is 23.4 Å². The van der Waals surface area contributed by atoms with Crippen LogP contribution >= 0.6 is 0 Å². The fourth-order valence-corrected chi connectivity index (χ4v) is 5.15. The van der Waals surface area contributed by atoms with Gasteiger partial charge >= 0.3 is 17.9 Å². The van der Waals surface area contributed by atoms with Crippen LogP contribution < -0.4 is 15.5 Å². The lowest BCUT2D eigenvalue weighted by Crippen LogP contribution is -2.50. The lowest BCUT2D eigenvalue weighted by molar-refractivity contribution is 0.0240. The highest BCUT2D eigenvalue weighted by Crippen LogP contribution is 2.30. The third-order valence-electron chi connectivity index (χ3n) is 7.78. The molecule has 0 unspecified atom stereocenters. The summed E-state index contributed by atoms with van der Waals surface area (Å²) >= 11 is 0. The number of nitrogens with zero attached hydrogens (tertiary/aromatic N) is 7. The third kappa shape index (κ3) is 8.04. The Morgan fingerprint density at radius 2 is 1.71 bits per heavy atom. The summed E-state index contributed by atoms with van der Waals surface area (Å²) in [5, 5.41) is 9.86. The second-order valence-corrected chi connectivity index (χ2v) is 13.8. The van der Waals surface area contributed by atoms with Gasteiger partial charge in [0, 0.05) is 43.2 Å². The van der Waals surface area contributed by atoms with Gasteiger partial charge in [-0.2, -0.15) is 4.98 Å². The number of aromatic nitrogens is 5. The van der Waals surface area contributed by atoms with Gasteiger partial charge in [-0.05, 0) is 63.9 Å². The number of hydrogen-bond acceptors (Lipinski definition) is 11. The van der Waals surface area contributed by atoms with E-state index in [0.29, 0.717) is 66.0 Å². The van der Waals surface area contributed by atoms with Crippen molar-refractivity contribution < 1.29 is 23.2 Å². The molecule has 1 atom stereocenters. The lowest BCUT2D eigenvalue weighted by atomic mass is 9.96. The highest BCUT2D eigenvalue weighted by atomic mass is 19.1. The van der Waals surface area contributed by atoms with Crippen molar-refractivity contribution >= 4 is 29.3 Å². The van der Waals surface area contributed by atoms with Crippen LogP contribution in [0.25, 0.3) is 11.3 Å². The van der Waals surface area contributed by atoms with E-state index >= 15 is 4.39 Å². The molecule has 1 aliphatic heterocycles. The van der Waals surface area contributed by atoms with Crippen molar-refractivity contribution in [3.8, 4) is 11.3 Å². The van der Waals surface area contributed by atoms with E-state index in [0.717, 1.165) is 5.69 Å². The molecule has 1 aromatic carbocycles. The van der Waals surface area contributed by atoms with Crippen LogP contribution in [0.15, 0.2) is 47.4 Å². The van der Waals surface area contributed by atoms with E-state index in [-0.39, 0.29) is 17.4 Å². The SMILES string of the molecule is Cc1c([C@@H](C)NC(=O)c2nc(C(C)(C)C)no2)ccc(-c2cc(Nc3ccc(N4CCN(C(=O)OC(C)(C)C)CC4)cn3)ncn2)c1F. The fourth-order valence-electron chi connectivity index (χ4n) is 5.15. The summed E-state index contributed by atoms with van der Waals surface area (Å²) in [6.07, 6.45) is 2.82. The Hall–Kier alpha value is -5.14. The molecule has 4 aromatic rings. The number of halogens is 1. The van der Waals surface area contributed by atoms with Crippen molar-refractivity contribution in [1.82, 2.24) is 35.3 Å². The van der Waals surface area contributed by atoms with Crippen LogP contribution in [0.4, 0.5) is 26.5 Å². The Balaban J connectivity index is 1.21. The van der Waals surface area contributed by atoms with E-state index in [2.05, 4.69) is 40.6 Å². The van der Waals surface area contributed by atoms with E-state index in [1.54, 1.807) is 43.1 Å². The number of amides is 2. The maximum absolute atomic E-state index is 15.7. The highest BCUT2D eigenvalue weighted by Gasteiger charge is 2.27. The van der Waals surface area contributed by atoms with Crippen LogP contribution in [0.2, 0.25) is 0 Å². The number of hydrogen-bond donors (Lipinski definition) is 2. The summed E-state index contributed by atoms with van der Waals surface area (Å²) in [6.45, 7) is 17.2. The minimum absolute atomic E-state index is 0.148. The number of benzene rings is 1. The first-order valence-electron chi connectivity index (χ1n) is 15.8. The molecule has 1 saturated heterocycles. The summed E-state index contributed by atoms with van der Waals surface area (Å²) in [6, 6.07) is 8.30. The monoisotopic (exact) mass is 659 g/mol. The molecule has 0 radical (unpaired) electrons. The number of anilines is 3. The third-order valence-corrected chi connectivity index (χ3v) is 7.78. The van der Waals surface area contributed by atoms with Crippen LogP contribution in [0.3, 0.4) is 0 Å². The fraction of sp³-hybridized carbons (Fsp3) is 0.441. The van der Waals surface area contributed by atoms with Crippen LogP contribution in [0.1, 0.15) is 82.1 Å². The predicted molar refractivity (Wildman–Crippen MR) is 179 cm³/mol. The number of carbonyl (C=O) groups is 2. The normalized spacial score (nSPS) is 14.4. The van der Waals surface area contributed by atoms with Crippen molar-refractivity contribution in [2.45, 2.75) is 72.4 Å².